The van der Waals surface area contributed by atoms with E-state index in [-0.39, 0.29) is 17.5 Å². The molecule has 0 bridgehead atoms. The summed E-state index contributed by atoms with van der Waals surface area (Å²) in [5.74, 6) is -0.384. The van der Waals surface area contributed by atoms with Gasteiger partial charge >= 0.3 is 0 Å². The molecule has 0 saturated carbocycles. The van der Waals surface area contributed by atoms with Crippen LogP contribution >= 0.6 is 15.9 Å². The molecule has 1 amide bonds. The summed E-state index contributed by atoms with van der Waals surface area (Å²) in [5, 5.41) is 19.5. The van der Waals surface area contributed by atoms with Gasteiger partial charge in [0, 0.05) is 11.5 Å². The van der Waals surface area contributed by atoms with E-state index >= 15 is 0 Å². The molecule has 0 spiro atoms. The maximum atomic E-state index is 11.5. The highest BCUT2D eigenvalue weighted by Gasteiger charge is 2.24. The maximum Gasteiger partial charge on any atom is 0.241 e. The van der Waals surface area contributed by atoms with Gasteiger partial charge in [-0.2, -0.15) is 0 Å². The van der Waals surface area contributed by atoms with Crippen molar-refractivity contribution in [3.63, 3.8) is 0 Å². The van der Waals surface area contributed by atoms with E-state index in [1.807, 2.05) is 20.8 Å². The van der Waals surface area contributed by atoms with Gasteiger partial charge < -0.3 is 10.4 Å². The van der Waals surface area contributed by atoms with Crippen LogP contribution in [0.3, 0.4) is 0 Å². The lowest BCUT2D eigenvalue weighted by molar-refractivity contribution is -0.121. The fraction of sp³-hybridized carbons (Fsp3) is 0.636. The number of hydrogen-bond donors (Lipinski definition) is 3. The zero-order valence-corrected chi connectivity index (χ0v) is 11.9. The standard InChI is InChI=1S/C11H19BrN2O2/c1-10(2,3)7(15)6-8(13)14-9(16)11(4,5)12/h6,15H,1-5H3,(H2,13,14,16)/b7-6-. The number of aliphatic hydroxyl groups excluding tert-OH is 1. The number of amidine groups is 1. The number of aliphatic hydroxyl groups is 1. The van der Waals surface area contributed by atoms with E-state index in [4.69, 9.17) is 5.41 Å². The van der Waals surface area contributed by atoms with Crippen molar-refractivity contribution in [2.24, 2.45) is 5.41 Å². The highest BCUT2D eigenvalue weighted by Crippen LogP contribution is 2.22. The molecule has 0 radical (unpaired) electrons. The van der Waals surface area contributed by atoms with Gasteiger partial charge in [-0.1, -0.05) is 36.7 Å². The first-order valence-corrected chi connectivity index (χ1v) is 5.74. The first-order chi connectivity index (χ1) is 6.94. The van der Waals surface area contributed by atoms with Gasteiger partial charge in [-0.25, -0.2) is 0 Å². The molecule has 3 N–H and O–H groups in total. The minimum Gasteiger partial charge on any atom is -0.512 e. The first kappa shape index (κ1) is 15.2. The van der Waals surface area contributed by atoms with Crippen LogP contribution < -0.4 is 5.32 Å². The number of nitrogens with one attached hydrogen (secondary N) is 2. The number of hydrogen-bond acceptors (Lipinski definition) is 3. The number of rotatable bonds is 2. The van der Waals surface area contributed by atoms with Crippen LogP contribution in [-0.4, -0.2) is 21.2 Å². The van der Waals surface area contributed by atoms with Gasteiger partial charge in [0.25, 0.3) is 0 Å². The second-order valence-electron chi connectivity index (χ2n) is 5.12. The third-order valence-electron chi connectivity index (χ3n) is 1.84. The van der Waals surface area contributed by atoms with Gasteiger partial charge in [-0.05, 0) is 13.8 Å². The monoisotopic (exact) mass is 290 g/mol. The van der Waals surface area contributed by atoms with E-state index in [0.29, 0.717) is 0 Å². The Morgan fingerprint density at radius 2 is 1.75 bits per heavy atom. The normalized spacial score (nSPS) is 13.5. The van der Waals surface area contributed by atoms with Gasteiger partial charge in [0.1, 0.15) is 11.6 Å². The van der Waals surface area contributed by atoms with Gasteiger partial charge in [-0.3, -0.25) is 10.2 Å². The fourth-order valence-corrected chi connectivity index (χ4v) is 0.759. The van der Waals surface area contributed by atoms with Crippen molar-refractivity contribution in [1.82, 2.24) is 5.32 Å². The molecule has 0 fully saturated rings. The minimum atomic E-state index is -0.732. The van der Waals surface area contributed by atoms with Crippen molar-refractivity contribution >= 4 is 27.7 Å². The maximum absolute atomic E-state index is 11.5. The zero-order chi connectivity index (χ0) is 13.1. The molecule has 0 aliphatic heterocycles. The number of carbonyl (C=O) groups is 1. The Morgan fingerprint density at radius 3 is 2.06 bits per heavy atom. The van der Waals surface area contributed by atoms with Crippen LogP contribution in [-0.2, 0) is 4.79 Å². The van der Waals surface area contributed by atoms with E-state index in [1.165, 1.54) is 6.08 Å². The summed E-state index contributed by atoms with van der Waals surface area (Å²) in [5.41, 5.74) is -0.430. The predicted molar refractivity (Wildman–Crippen MR) is 69.0 cm³/mol. The highest BCUT2D eigenvalue weighted by molar-refractivity contribution is 9.10. The third-order valence-corrected chi connectivity index (χ3v) is 2.20. The van der Waals surface area contributed by atoms with Crippen LogP contribution in [0.4, 0.5) is 0 Å². The molecule has 0 aliphatic rings. The molecule has 0 atom stereocenters. The van der Waals surface area contributed by atoms with Crippen LogP contribution in [0.5, 0.6) is 0 Å². The highest BCUT2D eigenvalue weighted by atomic mass is 79.9. The lowest BCUT2D eigenvalue weighted by Gasteiger charge is -2.18. The molecule has 5 heteroatoms. The molecular weight excluding hydrogens is 272 g/mol. The lowest BCUT2D eigenvalue weighted by Crippen LogP contribution is -2.40. The molecule has 0 saturated heterocycles. The predicted octanol–water partition coefficient (Wildman–Crippen LogP) is 2.74. The molecule has 0 aromatic heterocycles. The van der Waals surface area contributed by atoms with Crippen molar-refractivity contribution in [2.75, 3.05) is 0 Å². The van der Waals surface area contributed by atoms with Gasteiger partial charge in [-0.15, -0.1) is 0 Å². The Balaban J connectivity index is 4.59. The average Bonchev–Trinajstić information content (AvgIpc) is 1.99. The summed E-state index contributed by atoms with van der Waals surface area (Å²) in [6, 6.07) is 0. The van der Waals surface area contributed by atoms with Crippen molar-refractivity contribution in [3.05, 3.63) is 11.8 Å². The fourth-order valence-electron chi connectivity index (χ4n) is 0.660. The third kappa shape index (κ3) is 5.30. The largest absolute Gasteiger partial charge is 0.512 e. The van der Waals surface area contributed by atoms with Crippen LogP contribution in [0, 0.1) is 10.8 Å². The summed E-state index contributed by atoms with van der Waals surface area (Å²) in [6.07, 6.45) is 1.25. The smallest absolute Gasteiger partial charge is 0.241 e. The lowest BCUT2D eigenvalue weighted by atomic mass is 9.93. The van der Waals surface area contributed by atoms with Gasteiger partial charge in [0.05, 0.1) is 4.32 Å². The molecule has 92 valence electrons. The second-order valence-corrected chi connectivity index (χ2v) is 7.10. The van der Waals surface area contributed by atoms with Crippen LogP contribution in [0.15, 0.2) is 11.8 Å². The number of allylic oxidation sites excluding steroid dienone is 1. The van der Waals surface area contributed by atoms with Gasteiger partial charge in [0.15, 0.2) is 0 Å². The van der Waals surface area contributed by atoms with Crippen LogP contribution in [0.1, 0.15) is 34.6 Å². The summed E-state index contributed by atoms with van der Waals surface area (Å²) < 4.78 is -0.732. The Labute approximate surface area is 105 Å². The van der Waals surface area contributed by atoms with E-state index in [2.05, 4.69) is 21.2 Å². The zero-order valence-electron chi connectivity index (χ0n) is 10.3. The second kappa shape index (κ2) is 4.99. The molecule has 0 aromatic rings. The van der Waals surface area contributed by atoms with Crippen molar-refractivity contribution < 1.29 is 9.90 Å². The Bertz CT molecular complexity index is 322. The summed E-state index contributed by atoms with van der Waals surface area (Å²) in [7, 11) is 0. The average molecular weight is 291 g/mol. The number of alkyl halides is 1. The number of carbonyl (C=O) groups excluding carboxylic acids is 1. The first-order valence-electron chi connectivity index (χ1n) is 4.94. The van der Waals surface area contributed by atoms with Crippen LogP contribution in [0.25, 0.3) is 0 Å². The number of amides is 1. The Morgan fingerprint density at radius 1 is 1.31 bits per heavy atom. The van der Waals surface area contributed by atoms with Crippen molar-refractivity contribution in [1.29, 1.82) is 5.41 Å². The Hall–Kier alpha value is -0.840. The van der Waals surface area contributed by atoms with E-state index in [1.54, 1.807) is 13.8 Å². The molecule has 16 heavy (non-hydrogen) atoms. The molecule has 0 rings (SSSR count). The summed E-state index contributed by atoms with van der Waals surface area (Å²) in [6.45, 7) is 8.83. The van der Waals surface area contributed by atoms with E-state index < -0.39 is 9.74 Å². The SMILES string of the molecule is CC(C)(Br)C(=O)NC(=N)/C=C(\O)C(C)(C)C. The van der Waals surface area contributed by atoms with E-state index in [9.17, 15) is 9.90 Å². The van der Waals surface area contributed by atoms with E-state index in [0.717, 1.165) is 0 Å². The molecule has 4 nitrogen and oxygen atoms in total. The number of halogens is 1. The van der Waals surface area contributed by atoms with Gasteiger partial charge in [0.2, 0.25) is 5.91 Å². The molecule has 0 unspecified atom stereocenters. The van der Waals surface area contributed by atoms with Crippen LogP contribution in [0.2, 0.25) is 0 Å². The minimum absolute atomic E-state index is 0.0604. The molecule has 0 aromatic carbocycles. The van der Waals surface area contributed by atoms with Crippen molar-refractivity contribution in [2.45, 2.75) is 38.9 Å². The van der Waals surface area contributed by atoms with Crippen molar-refractivity contribution in [3.8, 4) is 0 Å². The summed E-state index contributed by atoms with van der Waals surface area (Å²) >= 11 is 3.19. The molecule has 0 heterocycles. The quantitative estimate of drug-likeness (QED) is 0.317. The summed E-state index contributed by atoms with van der Waals surface area (Å²) in [4.78, 5) is 11.5. The molecular formula is C11H19BrN2O2. The molecule has 0 aliphatic carbocycles. The topological polar surface area (TPSA) is 73.2 Å². The Kier molecular flexibility index (Phi) is 4.73.